The van der Waals surface area contributed by atoms with Crippen molar-refractivity contribution in [1.29, 1.82) is 0 Å². The molecular weight excluding hydrogens is 431 g/mol. The van der Waals surface area contributed by atoms with E-state index >= 15 is 0 Å². The van der Waals surface area contributed by atoms with E-state index in [0.717, 1.165) is 13.7 Å². The fraction of sp³-hybridized carbons (Fsp3) is 0.0769. The van der Waals surface area contributed by atoms with E-state index in [-0.39, 0.29) is 5.82 Å². The van der Waals surface area contributed by atoms with Crippen LogP contribution in [0.1, 0.15) is 5.56 Å². The third-order valence-electron chi connectivity index (χ3n) is 2.45. The molecule has 0 amide bonds. The Morgan fingerprint density at radius 2 is 2.06 bits per heavy atom. The van der Waals surface area contributed by atoms with Crippen molar-refractivity contribution in [2.75, 3.05) is 5.32 Å². The van der Waals surface area contributed by atoms with E-state index in [0.29, 0.717) is 17.1 Å². The number of hydrogen-bond acceptors (Lipinski definition) is 1. The van der Waals surface area contributed by atoms with E-state index in [9.17, 15) is 4.39 Å². The molecule has 1 nitrogen and oxygen atoms in total. The summed E-state index contributed by atoms with van der Waals surface area (Å²) in [6.07, 6.45) is 0. The fourth-order valence-corrected chi connectivity index (χ4v) is 2.49. The number of halogens is 4. The maximum absolute atomic E-state index is 13.6. The highest BCUT2D eigenvalue weighted by Gasteiger charge is 2.06. The summed E-state index contributed by atoms with van der Waals surface area (Å²) >= 11 is 11.6. The molecule has 94 valence electrons. The minimum atomic E-state index is -0.290. The van der Waals surface area contributed by atoms with Gasteiger partial charge in [0.05, 0.1) is 0 Å². The van der Waals surface area contributed by atoms with Gasteiger partial charge in [-0.2, -0.15) is 0 Å². The van der Waals surface area contributed by atoms with Gasteiger partial charge in [0.25, 0.3) is 0 Å². The van der Waals surface area contributed by atoms with Crippen molar-refractivity contribution in [2.24, 2.45) is 0 Å². The van der Waals surface area contributed by atoms with Gasteiger partial charge in [0, 0.05) is 30.9 Å². The van der Waals surface area contributed by atoms with Crippen LogP contribution in [0.15, 0.2) is 40.9 Å². The molecule has 0 radical (unpaired) electrons. The number of rotatable bonds is 3. The molecule has 0 heterocycles. The average Bonchev–Trinajstić information content (AvgIpc) is 2.33. The maximum atomic E-state index is 13.6. The Labute approximate surface area is 132 Å². The van der Waals surface area contributed by atoms with E-state index in [2.05, 4.69) is 43.8 Å². The van der Waals surface area contributed by atoms with Crippen LogP contribution < -0.4 is 5.32 Å². The van der Waals surface area contributed by atoms with Crippen LogP contribution in [0.5, 0.6) is 0 Å². The molecule has 0 aliphatic heterocycles. The second kappa shape index (κ2) is 6.21. The largest absolute Gasteiger partial charge is 0.381 e. The molecule has 0 aromatic heterocycles. The molecule has 0 atom stereocenters. The number of benzene rings is 2. The quantitative estimate of drug-likeness (QED) is 0.625. The topological polar surface area (TPSA) is 12.0 Å². The van der Waals surface area contributed by atoms with Gasteiger partial charge in [-0.25, -0.2) is 4.39 Å². The summed E-state index contributed by atoms with van der Waals surface area (Å²) in [6, 6.07) is 10.6. The SMILES string of the molecule is Fc1cccc(Cl)c1CNc1ccc(Br)c(I)c1. The lowest BCUT2D eigenvalue weighted by Crippen LogP contribution is -2.02. The summed E-state index contributed by atoms with van der Waals surface area (Å²) in [5.41, 5.74) is 1.42. The van der Waals surface area contributed by atoms with E-state index < -0.39 is 0 Å². The predicted octanol–water partition coefficient (Wildman–Crippen LogP) is 5.46. The number of nitrogens with one attached hydrogen (secondary N) is 1. The Bertz CT molecular complexity index is 557. The van der Waals surface area contributed by atoms with Gasteiger partial charge in [-0.05, 0) is 68.9 Å². The fourth-order valence-electron chi connectivity index (χ4n) is 1.50. The highest BCUT2D eigenvalue weighted by atomic mass is 127. The van der Waals surface area contributed by atoms with E-state index in [1.54, 1.807) is 12.1 Å². The van der Waals surface area contributed by atoms with Crippen molar-refractivity contribution in [3.8, 4) is 0 Å². The molecule has 0 unspecified atom stereocenters. The van der Waals surface area contributed by atoms with Crippen LogP contribution in [-0.2, 0) is 6.54 Å². The van der Waals surface area contributed by atoms with Gasteiger partial charge in [0.15, 0.2) is 0 Å². The van der Waals surface area contributed by atoms with Gasteiger partial charge in [0.1, 0.15) is 5.82 Å². The Morgan fingerprint density at radius 1 is 1.28 bits per heavy atom. The molecule has 1 N–H and O–H groups in total. The zero-order valence-corrected chi connectivity index (χ0v) is 13.7. The molecule has 5 heteroatoms. The zero-order chi connectivity index (χ0) is 13.1. The summed E-state index contributed by atoms with van der Waals surface area (Å²) in [4.78, 5) is 0. The van der Waals surface area contributed by atoms with Crippen LogP contribution in [0, 0.1) is 9.39 Å². The highest BCUT2D eigenvalue weighted by molar-refractivity contribution is 14.1. The van der Waals surface area contributed by atoms with E-state index in [4.69, 9.17) is 11.6 Å². The molecule has 2 aromatic rings. The molecule has 0 aliphatic rings. The maximum Gasteiger partial charge on any atom is 0.129 e. The Balaban J connectivity index is 2.14. The first-order valence-corrected chi connectivity index (χ1v) is 7.44. The van der Waals surface area contributed by atoms with Crippen LogP contribution in [0.3, 0.4) is 0 Å². The molecule has 2 aromatic carbocycles. The first-order valence-electron chi connectivity index (χ1n) is 5.20. The van der Waals surface area contributed by atoms with Gasteiger partial charge in [-0.15, -0.1) is 0 Å². The van der Waals surface area contributed by atoms with Crippen molar-refractivity contribution >= 4 is 55.8 Å². The Morgan fingerprint density at radius 3 is 2.72 bits per heavy atom. The van der Waals surface area contributed by atoms with Gasteiger partial charge < -0.3 is 5.32 Å². The zero-order valence-electron chi connectivity index (χ0n) is 9.18. The molecule has 0 saturated heterocycles. The van der Waals surface area contributed by atoms with Gasteiger partial charge in [0.2, 0.25) is 0 Å². The third-order valence-corrected chi connectivity index (χ3v) is 5.13. The molecule has 0 fully saturated rings. The lowest BCUT2D eigenvalue weighted by molar-refractivity contribution is 0.613. The van der Waals surface area contributed by atoms with Crippen molar-refractivity contribution in [2.45, 2.75) is 6.54 Å². The first-order chi connectivity index (χ1) is 8.58. The van der Waals surface area contributed by atoms with Crippen LogP contribution in [0.25, 0.3) is 0 Å². The lowest BCUT2D eigenvalue weighted by atomic mass is 10.2. The van der Waals surface area contributed by atoms with Crippen molar-refractivity contribution < 1.29 is 4.39 Å². The second-order valence-corrected chi connectivity index (χ2v) is 6.11. The minimum Gasteiger partial charge on any atom is -0.381 e. The van der Waals surface area contributed by atoms with Crippen LogP contribution in [0.2, 0.25) is 5.02 Å². The third kappa shape index (κ3) is 3.36. The average molecular weight is 440 g/mol. The standard InChI is InChI=1S/C13H9BrClFIN/c14-10-5-4-8(6-13(10)17)18-7-9-11(15)2-1-3-12(9)16/h1-6,18H,7H2. The molecular formula is C13H9BrClFIN. The summed E-state index contributed by atoms with van der Waals surface area (Å²) in [6.45, 7) is 0.364. The predicted molar refractivity (Wildman–Crippen MR) is 85.6 cm³/mol. The number of anilines is 1. The summed E-state index contributed by atoms with van der Waals surface area (Å²) in [5, 5.41) is 3.60. The molecule has 0 aliphatic carbocycles. The van der Waals surface area contributed by atoms with Gasteiger partial charge in [-0.1, -0.05) is 17.7 Å². The van der Waals surface area contributed by atoms with Crippen LogP contribution in [-0.4, -0.2) is 0 Å². The molecule has 0 spiro atoms. The summed E-state index contributed by atoms with van der Waals surface area (Å²) < 4.78 is 15.7. The van der Waals surface area contributed by atoms with Crippen LogP contribution in [0.4, 0.5) is 10.1 Å². The molecule has 2 rings (SSSR count). The van der Waals surface area contributed by atoms with Gasteiger partial charge in [-0.3, -0.25) is 0 Å². The van der Waals surface area contributed by atoms with Crippen molar-refractivity contribution in [3.63, 3.8) is 0 Å². The Kier molecular flexibility index (Phi) is 4.86. The minimum absolute atomic E-state index is 0.290. The van der Waals surface area contributed by atoms with Crippen LogP contribution >= 0.6 is 50.1 Å². The molecule has 18 heavy (non-hydrogen) atoms. The molecule has 0 saturated carbocycles. The van der Waals surface area contributed by atoms with E-state index in [1.807, 2.05) is 18.2 Å². The second-order valence-electron chi connectivity index (χ2n) is 3.68. The first kappa shape index (κ1) is 14.1. The van der Waals surface area contributed by atoms with Crippen molar-refractivity contribution in [3.05, 3.63) is 60.8 Å². The summed E-state index contributed by atoms with van der Waals surface area (Å²) in [5.74, 6) is -0.290. The summed E-state index contributed by atoms with van der Waals surface area (Å²) in [7, 11) is 0. The lowest BCUT2D eigenvalue weighted by Gasteiger charge is -2.10. The molecule has 0 bridgehead atoms. The number of hydrogen-bond donors (Lipinski definition) is 1. The monoisotopic (exact) mass is 439 g/mol. The van der Waals surface area contributed by atoms with E-state index in [1.165, 1.54) is 6.07 Å². The smallest absolute Gasteiger partial charge is 0.129 e. The van der Waals surface area contributed by atoms with Crippen molar-refractivity contribution in [1.82, 2.24) is 0 Å². The Hall–Kier alpha value is -0.330. The van der Waals surface area contributed by atoms with Gasteiger partial charge >= 0.3 is 0 Å². The highest BCUT2D eigenvalue weighted by Crippen LogP contribution is 2.24. The normalized spacial score (nSPS) is 10.4.